The second-order valence-electron chi connectivity index (χ2n) is 5.52. The van der Waals surface area contributed by atoms with Crippen molar-refractivity contribution in [3.05, 3.63) is 17.2 Å². The first-order chi connectivity index (χ1) is 9.23. The predicted octanol–water partition coefficient (Wildman–Crippen LogP) is 1.31. The number of aliphatic hydroxyl groups is 1. The minimum atomic E-state index is -0.561. The SMILES string of the molecule is COC(=O)C1(c2nc(CO)c3n2CCCC3)CCC1. The van der Waals surface area contributed by atoms with Gasteiger partial charge in [0, 0.05) is 12.2 Å². The number of hydrogen-bond donors (Lipinski definition) is 1. The summed E-state index contributed by atoms with van der Waals surface area (Å²) in [6, 6.07) is 0. The van der Waals surface area contributed by atoms with Gasteiger partial charge < -0.3 is 14.4 Å². The number of ether oxygens (including phenoxy) is 1. The molecular weight excluding hydrogens is 244 g/mol. The fraction of sp³-hybridized carbons (Fsp3) is 0.714. The quantitative estimate of drug-likeness (QED) is 0.836. The molecule has 1 aromatic heterocycles. The predicted molar refractivity (Wildman–Crippen MR) is 68.6 cm³/mol. The van der Waals surface area contributed by atoms with Gasteiger partial charge in [0.2, 0.25) is 0 Å². The fourth-order valence-electron chi connectivity index (χ4n) is 3.36. The highest BCUT2D eigenvalue weighted by Crippen LogP contribution is 2.45. The van der Waals surface area contributed by atoms with Crippen LogP contribution in [0.3, 0.4) is 0 Å². The lowest BCUT2D eigenvalue weighted by Gasteiger charge is -2.38. The number of rotatable bonds is 3. The molecule has 3 rings (SSSR count). The van der Waals surface area contributed by atoms with Crippen LogP contribution in [0.1, 0.15) is 49.3 Å². The van der Waals surface area contributed by atoms with E-state index in [2.05, 4.69) is 9.55 Å². The summed E-state index contributed by atoms with van der Waals surface area (Å²) < 4.78 is 7.15. The summed E-state index contributed by atoms with van der Waals surface area (Å²) in [5.41, 5.74) is 1.29. The Labute approximate surface area is 112 Å². The molecule has 19 heavy (non-hydrogen) atoms. The average Bonchev–Trinajstić information content (AvgIpc) is 2.77. The molecule has 0 unspecified atom stereocenters. The molecule has 5 nitrogen and oxygen atoms in total. The van der Waals surface area contributed by atoms with Crippen molar-refractivity contribution in [2.45, 2.75) is 57.1 Å². The fourth-order valence-corrected chi connectivity index (χ4v) is 3.36. The number of imidazole rings is 1. The molecule has 0 amide bonds. The maximum atomic E-state index is 12.2. The van der Waals surface area contributed by atoms with Crippen LogP contribution in [0, 0.1) is 0 Å². The van der Waals surface area contributed by atoms with Gasteiger partial charge in [0.1, 0.15) is 11.2 Å². The molecule has 0 spiro atoms. The monoisotopic (exact) mass is 264 g/mol. The van der Waals surface area contributed by atoms with E-state index in [1.165, 1.54) is 7.11 Å². The van der Waals surface area contributed by atoms with Gasteiger partial charge in [-0.05, 0) is 32.1 Å². The molecule has 1 fully saturated rings. The first kappa shape index (κ1) is 12.7. The summed E-state index contributed by atoms with van der Waals surface area (Å²) in [4.78, 5) is 16.7. The molecule has 2 aliphatic rings. The first-order valence-corrected chi connectivity index (χ1v) is 7.01. The van der Waals surface area contributed by atoms with Gasteiger partial charge in [-0.15, -0.1) is 0 Å². The van der Waals surface area contributed by atoms with Crippen LogP contribution < -0.4 is 0 Å². The van der Waals surface area contributed by atoms with Crippen molar-refractivity contribution >= 4 is 5.97 Å². The van der Waals surface area contributed by atoms with E-state index in [1.807, 2.05) is 0 Å². The lowest BCUT2D eigenvalue weighted by Crippen LogP contribution is -2.45. The summed E-state index contributed by atoms with van der Waals surface area (Å²) >= 11 is 0. The van der Waals surface area contributed by atoms with Crippen molar-refractivity contribution in [1.82, 2.24) is 9.55 Å². The minimum Gasteiger partial charge on any atom is -0.468 e. The molecule has 1 saturated carbocycles. The van der Waals surface area contributed by atoms with Crippen LogP contribution >= 0.6 is 0 Å². The largest absolute Gasteiger partial charge is 0.468 e. The van der Waals surface area contributed by atoms with E-state index >= 15 is 0 Å². The van der Waals surface area contributed by atoms with Gasteiger partial charge >= 0.3 is 5.97 Å². The first-order valence-electron chi connectivity index (χ1n) is 7.01. The van der Waals surface area contributed by atoms with Gasteiger partial charge in [-0.1, -0.05) is 6.42 Å². The van der Waals surface area contributed by atoms with Crippen molar-refractivity contribution in [2.24, 2.45) is 0 Å². The smallest absolute Gasteiger partial charge is 0.319 e. The van der Waals surface area contributed by atoms with E-state index in [1.54, 1.807) is 0 Å². The Bertz CT molecular complexity index is 503. The van der Waals surface area contributed by atoms with Crippen LogP contribution in [0.25, 0.3) is 0 Å². The molecule has 104 valence electrons. The van der Waals surface area contributed by atoms with E-state index in [0.29, 0.717) is 0 Å². The number of aliphatic hydroxyl groups excluding tert-OH is 1. The summed E-state index contributed by atoms with van der Waals surface area (Å²) in [7, 11) is 1.44. The summed E-state index contributed by atoms with van der Waals surface area (Å²) in [5.74, 6) is 0.644. The Morgan fingerprint density at radius 3 is 2.79 bits per heavy atom. The molecule has 0 bridgehead atoms. The zero-order valence-corrected chi connectivity index (χ0v) is 11.3. The Morgan fingerprint density at radius 1 is 1.42 bits per heavy atom. The molecule has 0 radical (unpaired) electrons. The van der Waals surface area contributed by atoms with E-state index in [0.717, 1.165) is 62.3 Å². The maximum absolute atomic E-state index is 12.2. The van der Waals surface area contributed by atoms with Crippen LogP contribution in [0.4, 0.5) is 0 Å². The summed E-state index contributed by atoms with van der Waals surface area (Å²) in [6.45, 7) is 0.850. The number of aromatic nitrogens is 2. The van der Waals surface area contributed by atoms with Crippen LogP contribution in [-0.4, -0.2) is 27.7 Å². The van der Waals surface area contributed by atoms with Crippen molar-refractivity contribution in [3.63, 3.8) is 0 Å². The van der Waals surface area contributed by atoms with Crippen LogP contribution in [0.5, 0.6) is 0 Å². The number of carbonyl (C=O) groups is 1. The lowest BCUT2D eigenvalue weighted by atomic mass is 9.68. The molecule has 1 N–H and O–H groups in total. The molecule has 1 aliphatic carbocycles. The van der Waals surface area contributed by atoms with Crippen molar-refractivity contribution < 1.29 is 14.6 Å². The number of hydrogen-bond acceptors (Lipinski definition) is 4. The van der Waals surface area contributed by atoms with E-state index in [4.69, 9.17) is 4.74 Å². The highest BCUT2D eigenvalue weighted by molar-refractivity contribution is 5.83. The topological polar surface area (TPSA) is 64.3 Å². The number of methoxy groups -OCH3 is 1. The number of nitrogens with zero attached hydrogens (tertiary/aromatic N) is 2. The zero-order chi connectivity index (χ0) is 13.5. The van der Waals surface area contributed by atoms with E-state index in [9.17, 15) is 9.90 Å². The molecule has 2 heterocycles. The molecule has 0 saturated heterocycles. The highest BCUT2D eigenvalue weighted by atomic mass is 16.5. The van der Waals surface area contributed by atoms with Gasteiger partial charge in [0.25, 0.3) is 0 Å². The number of esters is 1. The second-order valence-corrected chi connectivity index (χ2v) is 5.52. The third kappa shape index (κ3) is 1.71. The molecule has 0 atom stereocenters. The Balaban J connectivity index is 2.09. The Morgan fingerprint density at radius 2 is 2.21 bits per heavy atom. The van der Waals surface area contributed by atoms with Crippen molar-refractivity contribution in [3.8, 4) is 0 Å². The lowest BCUT2D eigenvalue weighted by molar-refractivity contribution is -0.151. The van der Waals surface area contributed by atoms with Gasteiger partial charge in [0.05, 0.1) is 19.4 Å². The number of fused-ring (bicyclic) bond motifs is 1. The van der Waals surface area contributed by atoms with E-state index in [-0.39, 0.29) is 12.6 Å². The van der Waals surface area contributed by atoms with Crippen LogP contribution in [-0.2, 0) is 34.5 Å². The standard InChI is InChI=1S/C14H20N2O3/c1-19-13(18)14(6-4-7-14)12-15-10(9-17)11-5-2-3-8-16(11)12/h17H,2-9H2,1H3. The molecule has 1 aliphatic heterocycles. The number of carbonyl (C=O) groups excluding carboxylic acids is 1. The Hall–Kier alpha value is -1.36. The zero-order valence-electron chi connectivity index (χ0n) is 11.3. The van der Waals surface area contributed by atoms with Crippen molar-refractivity contribution in [1.29, 1.82) is 0 Å². The van der Waals surface area contributed by atoms with Crippen LogP contribution in [0.2, 0.25) is 0 Å². The van der Waals surface area contributed by atoms with Crippen molar-refractivity contribution in [2.75, 3.05) is 7.11 Å². The molecule has 0 aromatic carbocycles. The third-order valence-electron chi connectivity index (χ3n) is 4.56. The summed E-state index contributed by atoms with van der Waals surface area (Å²) in [6.07, 6.45) is 5.83. The molecule has 5 heteroatoms. The normalized spacial score (nSPS) is 20.5. The maximum Gasteiger partial charge on any atom is 0.319 e. The van der Waals surface area contributed by atoms with Gasteiger partial charge in [-0.3, -0.25) is 4.79 Å². The molecule has 1 aromatic rings. The second kappa shape index (κ2) is 4.63. The Kier molecular flexibility index (Phi) is 3.09. The van der Waals surface area contributed by atoms with Gasteiger partial charge in [-0.2, -0.15) is 0 Å². The summed E-state index contributed by atoms with van der Waals surface area (Å²) in [5, 5.41) is 9.47. The highest BCUT2D eigenvalue weighted by Gasteiger charge is 2.51. The van der Waals surface area contributed by atoms with E-state index < -0.39 is 5.41 Å². The minimum absolute atomic E-state index is 0.0490. The van der Waals surface area contributed by atoms with Gasteiger partial charge in [-0.25, -0.2) is 4.98 Å². The van der Waals surface area contributed by atoms with Gasteiger partial charge in [0.15, 0.2) is 0 Å². The third-order valence-corrected chi connectivity index (χ3v) is 4.56. The average molecular weight is 264 g/mol. The molecular formula is C14H20N2O3. The van der Waals surface area contributed by atoms with Crippen LogP contribution in [0.15, 0.2) is 0 Å².